The molecule has 0 unspecified atom stereocenters. The highest BCUT2D eigenvalue weighted by atomic mass is 32.3. The van der Waals surface area contributed by atoms with E-state index in [2.05, 4.69) is 26.8 Å². The molecule has 0 aromatic carbocycles. The van der Waals surface area contributed by atoms with Crippen LogP contribution in [0, 0.1) is 40.4 Å². The third-order valence-corrected chi connectivity index (χ3v) is 21.0. The van der Waals surface area contributed by atoms with Crippen molar-refractivity contribution in [2.24, 2.45) is 40.4 Å². The van der Waals surface area contributed by atoms with Gasteiger partial charge in [0.2, 0.25) is 0 Å². The van der Waals surface area contributed by atoms with E-state index < -0.39 is 201 Å². The molecule has 0 aromatic heterocycles. The van der Waals surface area contributed by atoms with Gasteiger partial charge in [0.05, 0.1) is 43.7 Å². The Hall–Kier alpha value is -1.90. The number of ketones is 1. The summed E-state index contributed by atoms with van der Waals surface area (Å²) in [5, 5.41) is 145. The Kier molecular flexibility index (Phi) is 21.5. The van der Waals surface area contributed by atoms with Crippen molar-refractivity contribution in [1.82, 2.24) is 0 Å². The largest absolute Gasteiger partial charge is 0.397 e. The van der Waals surface area contributed by atoms with E-state index in [1.165, 1.54) is 26.3 Å². The Balaban J connectivity index is 1.00. The molecule has 8 fully saturated rings. The fraction of sp³-hybridized carbons (Fsp3) is 0.912. The second-order valence-electron chi connectivity index (χ2n) is 26.4. The van der Waals surface area contributed by atoms with Gasteiger partial charge in [0.15, 0.2) is 37.2 Å². The van der Waals surface area contributed by atoms with Crippen LogP contribution in [0.25, 0.3) is 0 Å². The van der Waals surface area contributed by atoms with Gasteiger partial charge >= 0.3 is 10.4 Å². The Bertz CT molecular complexity index is 2490. The highest BCUT2D eigenvalue weighted by Gasteiger charge is 2.63. The van der Waals surface area contributed by atoms with Gasteiger partial charge in [-0.1, -0.05) is 38.0 Å². The van der Waals surface area contributed by atoms with Gasteiger partial charge in [-0.15, -0.1) is 0 Å². The molecule has 5 aliphatic heterocycles. The molecule has 9 aliphatic rings. The summed E-state index contributed by atoms with van der Waals surface area (Å²) in [5.74, 6) is -0.164. The van der Waals surface area contributed by atoms with Crippen LogP contribution in [-0.4, -0.2) is 264 Å². The molecular weight excluding hydrogens is 1160 g/mol. The van der Waals surface area contributed by atoms with Crippen molar-refractivity contribution in [2.45, 2.75) is 272 Å². The first-order chi connectivity index (χ1) is 40.3. The molecule has 14 N–H and O–H groups in total. The first-order valence-electron chi connectivity index (χ1n) is 30.1. The SMILES string of the molecule is CC(C)=CC(=O)C[C@@H](C)[C@H]1CC[C@H]2[C@@H]3C[C@H](O[C@@H]4O[C@H](CO)[C@H](O)[C@H](O[C@@H]5O[C@H](C)[C@@H](O[C@@H]6O[C@H](CO)[C@H](O)[C@H](O)[C@H]6O[C@@H]6O[C@H](C)[C@H](O)[C@H](O)[C@H]6O)[C@H](O)[C@H]5O[C@@H]5O[C@H](C)[C@@H](O)[C@H](O)[C@H]5O)[C@H]4O)[C@H]4C[C@@H](OS(=O)(=O)O)CC[C@]4(C)C3=CC[C@]12C. The monoisotopic (exact) mass is 1260 g/mol. The topological polar surface area (TPSA) is 436 Å². The third-order valence-electron chi connectivity index (χ3n) is 20.5. The lowest BCUT2D eigenvalue weighted by atomic mass is 9.47. The van der Waals surface area contributed by atoms with Gasteiger partial charge in [-0.2, -0.15) is 8.42 Å². The lowest BCUT2D eigenvalue weighted by Crippen LogP contribution is -2.68. The fourth-order valence-corrected chi connectivity index (χ4v) is 16.4. The minimum Gasteiger partial charge on any atom is -0.394 e. The highest BCUT2D eigenvalue weighted by molar-refractivity contribution is 7.80. The van der Waals surface area contributed by atoms with Crippen LogP contribution in [0.2, 0.25) is 0 Å². The predicted molar refractivity (Wildman–Crippen MR) is 290 cm³/mol. The summed E-state index contributed by atoms with van der Waals surface area (Å²) in [6.45, 7) is 12.6. The molecule has 9 rings (SSSR count). The third kappa shape index (κ3) is 13.5. The first-order valence-corrected chi connectivity index (χ1v) is 31.5. The van der Waals surface area contributed by atoms with Crippen molar-refractivity contribution in [3.05, 3.63) is 23.3 Å². The number of ether oxygens (including phenoxy) is 10. The minimum atomic E-state index is -4.89. The number of hydrogen-bond donors (Lipinski definition) is 14. The van der Waals surface area contributed by atoms with Gasteiger partial charge < -0.3 is 114 Å². The van der Waals surface area contributed by atoms with Gasteiger partial charge in [0.1, 0.15) is 104 Å². The molecule has 0 aromatic rings. The Morgan fingerprint density at radius 3 is 1.71 bits per heavy atom. The number of aliphatic hydroxyl groups excluding tert-OH is 13. The number of aliphatic hydroxyl groups is 13. The summed E-state index contributed by atoms with van der Waals surface area (Å²) in [6.07, 6.45) is -37.8. The van der Waals surface area contributed by atoms with Crippen LogP contribution >= 0.6 is 0 Å². The van der Waals surface area contributed by atoms with Crippen LogP contribution in [0.5, 0.6) is 0 Å². The molecule has 5 saturated heterocycles. The van der Waals surface area contributed by atoms with E-state index in [0.29, 0.717) is 19.3 Å². The number of hydrogen-bond acceptors (Lipinski definition) is 27. The van der Waals surface area contributed by atoms with Crippen molar-refractivity contribution in [3.8, 4) is 0 Å². The number of rotatable bonds is 18. The van der Waals surface area contributed by atoms with Crippen LogP contribution in [-0.2, 0) is 66.7 Å². The first kappa shape index (κ1) is 68.5. The van der Waals surface area contributed by atoms with E-state index in [0.717, 1.165) is 24.8 Å². The maximum absolute atomic E-state index is 13.1. The van der Waals surface area contributed by atoms with Crippen LogP contribution < -0.4 is 0 Å². The Labute approximate surface area is 499 Å². The normalized spacial score (nSPS) is 51.1. The van der Waals surface area contributed by atoms with Crippen molar-refractivity contribution in [3.63, 3.8) is 0 Å². The molecule has 4 aliphatic carbocycles. The number of carbonyl (C=O) groups is 1. The summed E-state index contributed by atoms with van der Waals surface area (Å²) >= 11 is 0. The summed E-state index contributed by atoms with van der Waals surface area (Å²) in [4.78, 5) is 13.1. The van der Waals surface area contributed by atoms with Crippen molar-refractivity contribution in [1.29, 1.82) is 0 Å². The molecular formula is C57H92O28S. The summed E-state index contributed by atoms with van der Waals surface area (Å²) in [5.41, 5.74) is 1.24. The smallest absolute Gasteiger partial charge is 0.394 e. The van der Waals surface area contributed by atoms with Gasteiger partial charge in [-0.25, -0.2) is 4.18 Å². The van der Waals surface area contributed by atoms with Crippen LogP contribution in [0.4, 0.5) is 0 Å². The van der Waals surface area contributed by atoms with E-state index >= 15 is 0 Å². The lowest BCUT2D eigenvalue weighted by molar-refractivity contribution is -0.407. The number of allylic oxidation sites excluding steroid dienone is 4. The molecule has 3 saturated carbocycles. The zero-order valence-corrected chi connectivity index (χ0v) is 50.4. The Morgan fingerprint density at radius 2 is 1.13 bits per heavy atom. The van der Waals surface area contributed by atoms with Gasteiger partial charge in [-0.3, -0.25) is 9.35 Å². The van der Waals surface area contributed by atoms with Crippen molar-refractivity contribution in [2.75, 3.05) is 13.2 Å². The number of fused-ring (bicyclic) bond motifs is 5. The van der Waals surface area contributed by atoms with Crippen LogP contribution in [0.15, 0.2) is 23.3 Å². The average molecular weight is 1260 g/mol. The van der Waals surface area contributed by atoms with E-state index in [9.17, 15) is 84.1 Å². The Morgan fingerprint density at radius 1 is 0.605 bits per heavy atom. The fourth-order valence-electron chi connectivity index (χ4n) is 15.8. The van der Waals surface area contributed by atoms with E-state index in [4.69, 9.17) is 51.6 Å². The molecule has 494 valence electrons. The van der Waals surface area contributed by atoms with E-state index in [1.807, 2.05) is 13.8 Å². The van der Waals surface area contributed by atoms with E-state index in [-0.39, 0.29) is 47.7 Å². The van der Waals surface area contributed by atoms with Crippen molar-refractivity contribution >= 4 is 16.2 Å². The molecule has 29 heteroatoms. The van der Waals surface area contributed by atoms with Gasteiger partial charge in [-0.05, 0) is 126 Å². The zero-order valence-electron chi connectivity index (χ0n) is 49.6. The van der Waals surface area contributed by atoms with E-state index in [1.54, 1.807) is 6.08 Å². The quantitative estimate of drug-likeness (QED) is 0.0383. The molecule has 5 heterocycles. The van der Waals surface area contributed by atoms with Crippen LogP contribution in [0.1, 0.15) is 107 Å². The summed E-state index contributed by atoms with van der Waals surface area (Å²) in [6, 6.07) is 0. The van der Waals surface area contributed by atoms with Crippen LogP contribution in [0.3, 0.4) is 0 Å². The van der Waals surface area contributed by atoms with Crippen molar-refractivity contribution < 1.29 is 136 Å². The molecule has 28 nitrogen and oxygen atoms in total. The number of carbonyl (C=O) groups excluding carboxylic acids is 1. The predicted octanol–water partition coefficient (Wildman–Crippen LogP) is -2.51. The molecule has 0 amide bonds. The molecule has 0 spiro atoms. The maximum Gasteiger partial charge on any atom is 0.397 e. The van der Waals surface area contributed by atoms with Gasteiger partial charge in [0, 0.05) is 6.42 Å². The molecule has 0 radical (unpaired) electrons. The second-order valence-corrected chi connectivity index (χ2v) is 27.4. The molecule has 86 heavy (non-hydrogen) atoms. The minimum absolute atomic E-state index is 0.0661. The zero-order chi connectivity index (χ0) is 63.0. The summed E-state index contributed by atoms with van der Waals surface area (Å²) in [7, 11) is -4.89. The molecule has 0 bridgehead atoms. The maximum atomic E-state index is 13.1. The second kappa shape index (κ2) is 27.0. The average Bonchev–Trinajstić information content (AvgIpc) is 1.29. The highest BCUT2D eigenvalue weighted by Crippen LogP contribution is 2.67. The standard InChI is InChI=1S/C57H92O28S/c1-21(2)15-26(60)16-22(3)29-9-10-30-28-18-33(32-17-27(85-86(72,73)74)11-13-57(32,8)31(28)12-14-56(29,30)7)78-53-46(71)48(39(64)35(20-59)79-53)82-54-50(84-52-44(69)41(66)37(62)24(5)76-52)45(70)47(25(6)77-54)81-55-49(42(67)38(63)34(19-58)80-55)83-51-43(68)40(65)36(61)23(4)75-51/h12,15,22-25,27-30,32-55,58-59,61-71H,9-11,13-14,16-20H2,1-8H3,(H,72,73,74)/t22-,23-,24-,25-,27+,28+,29-,30+,32-,33+,34-,35-,36+,37-,38+,39+,40+,41+,42+,43-,44-,45+,46-,47-,48+,49-,50-,51+,52+,53-,54+,55+,56-,57-/m1/s1. The molecule has 34 atom stereocenters. The lowest BCUT2D eigenvalue weighted by Gasteiger charge is -2.59. The summed E-state index contributed by atoms with van der Waals surface area (Å²) < 4.78 is 101. The van der Waals surface area contributed by atoms with Gasteiger partial charge in [0.25, 0.3) is 0 Å².